The number of aryl methyl sites for hydroxylation is 1. The van der Waals surface area contributed by atoms with Crippen LogP contribution in [0, 0.1) is 18.3 Å². The highest BCUT2D eigenvalue weighted by Gasteiger charge is 2.08. The quantitative estimate of drug-likeness (QED) is 0.932. The van der Waals surface area contributed by atoms with Crippen LogP contribution in [0.25, 0.3) is 0 Å². The van der Waals surface area contributed by atoms with Gasteiger partial charge in [0.15, 0.2) is 0 Å². The lowest BCUT2D eigenvalue weighted by Crippen LogP contribution is -2.01. The number of carboxylic acid groups (broad SMARTS) is 1. The Morgan fingerprint density at radius 3 is 2.67 bits per heavy atom. The monoisotopic (exact) mass is 301 g/mol. The Morgan fingerprint density at radius 2 is 2.10 bits per heavy atom. The molecular weight excluding hydrogens is 290 g/mol. The molecule has 0 amide bonds. The van der Waals surface area contributed by atoms with Crippen molar-refractivity contribution in [2.45, 2.75) is 13.5 Å². The second-order valence-electron chi connectivity index (χ2n) is 4.49. The maximum Gasteiger partial charge on any atom is 0.335 e. The first-order valence-corrected chi connectivity index (χ1v) is 6.54. The zero-order valence-corrected chi connectivity index (χ0v) is 12.0. The summed E-state index contributed by atoms with van der Waals surface area (Å²) in [5, 5.41) is 18.2. The molecule has 0 heterocycles. The van der Waals surface area contributed by atoms with Crippen LogP contribution < -0.4 is 4.74 Å². The fourth-order valence-corrected chi connectivity index (χ4v) is 2.10. The summed E-state index contributed by atoms with van der Waals surface area (Å²) in [5.74, 6) is -0.396. The third-order valence-corrected chi connectivity index (χ3v) is 3.36. The third-order valence-electron chi connectivity index (χ3n) is 3.00. The smallest absolute Gasteiger partial charge is 0.335 e. The van der Waals surface area contributed by atoms with Crippen molar-refractivity contribution in [1.29, 1.82) is 5.26 Å². The first-order chi connectivity index (χ1) is 10.0. The molecule has 1 N–H and O–H groups in total. The second kappa shape index (κ2) is 6.29. The van der Waals surface area contributed by atoms with Gasteiger partial charge < -0.3 is 9.84 Å². The molecule has 0 unspecified atom stereocenters. The van der Waals surface area contributed by atoms with Gasteiger partial charge in [0.2, 0.25) is 0 Å². The van der Waals surface area contributed by atoms with Crippen molar-refractivity contribution in [2.24, 2.45) is 0 Å². The number of hydrogen-bond acceptors (Lipinski definition) is 3. The molecule has 4 nitrogen and oxygen atoms in total. The van der Waals surface area contributed by atoms with Gasteiger partial charge in [-0.1, -0.05) is 17.7 Å². The number of rotatable bonds is 4. The number of nitriles is 1. The number of carboxylic acids is 1. The van der Waals surface area contributed by atoms with E-state index < -0.39 is 5.97 Å². The highest BCUT2D eigenvalue weighted by molar-refractivity contribution is 6.31. The normalized spacial score (nSPS) is 9.95. The van der Waals surface area contributed by atoms with Crippen molar-refractivity contribution in [2.75, 3.05) is 0 Å². The van der Waals surface area contributed by atoms with Gasteiger partial charge in [-0.15, -0.1) is 0 Å². The maximum atomic E-state index is 10.9. The molecule has 0 saturated carbocycles. The molecule has 106 valence electrons. The van der Waals surface area contributed by atoms with Crippen LogP contribution in [-0.2, 0) is 6.61 Å². The zero-order chi connectivity index (χ0) is 15.4. The van der Waals surface area contributed by atoms with Crippen molar-refractivity contribution >= 4 is 17.6 Å². The van der Waals surface area contributed by atoms with E-state index in [1.165, 1.54) is 6.07 Å². The number of carbonyl (C=O) groups is 1. The van der Waals surface area contributed by atoms with Gasteiger partial charge in [-0.25, -0.2) is 4.79 Å². The van der Waals surface area contributed by atoms with E-state index in [-0.39, 0.29) is 12.2 Å². The summed E-state index contributed by atoms with van der Waals surface area (Å²) in [6, 6.07) is 11.8. The molecule has 0 spiro atoms. The summed E-state index contributed by atoms with van der Waals surface area (Å²) in [6.07, 6.45) is 0. The van der Waals surface area contributed by atoms with E-state index in [2.05, 4.69) is 0 Å². The van der Waals surface area contributed by atoms with Crippen LogP contribution in [0.3, 0.4) is 0 Å². The third kappa shape index (κ3) is 3.53. The van der Waals surface area contributed by atoms with Crippen molar-refractivity contribution in [3.05, 3.63) is 63.7 Å². The molecule has 0 aliphatic heterocycles. The SMILES string of the molecule is Cc1cc(OCc2ccc(C#N)cc2Cl)ccc1C(=O)O. The van der Waals surface area contributed by atoms with Gasteiger partial charge in [0, 0.05) is 10.6 Å². The number of ether oxygens (including phenoxy) is 1. The minimum atomic E-state index is -0.964. The number of halogens is 1. The highest BCUT2D eigenvalue weighted by atomic mass is 35.5. The van der Waals surface area contributed by atoms with E-state index >= 15 is 0 Å². The molecule has 5 heteroatoms. The van der Waals surface area contributed by atoms with Gasteiger partial charge in [0.25, 0.3) is 0 Å². The molecule has 0 aliphatic rings. The van der Waals surface area contributed by atoms with E-state index in [9.17, 15) is 4.79 Å². The first-order valence-electron chi connectivity index (χ1n) is 6.16. The van der Waals surface area contributed by atoms with Crippen LogP contribution in [0.2, 0.25) is 5.02 Å². The molecule has 0 radical (unpaired) electrons. The number of benzene rings is 2. The first kappa shape index (κ1) is 14.9. The average molecular weight is 302 g/mol. The molecule has 0 bridgehead atoms. The lowest BCUT2D eigenvalue weighted by molar-refractivity contribution is 0.0696. The van der Waals surface area contributed by atoms with Crippen LogP contribution >= 0.6 is 11.6 Å². The fourth-order valence-electron chi connectivity index (χ4n) is 1.86. The second-order valence-corrected chi connectivity index (χ2v) is 4.90. The summed E-state index contributed by atoms with van der Waals surface area (Å²) in [7, 11) is 0. The predicted octanol–water partition coefficient (Wildman–Crippen LogP) is 3.80. The molecule has 2 rings (SSSR count). The molecule has 0 atom stereocenters. The molecule has 2 aromatic carbocycles. The minimum absolute atomic E-state index is 0.246. The number of nitrogens with zero attached hydrogens (tertiary/aromatic N) is 1. The van der Waals surface area contributed by atoms with Gasteiger partial charge in [-0.05, 0) is 42.8 Å². The molecule has 21 heavy (non-hydrogen) atoms. The zero-order valence-electron chi connectivity index (χ0n) is 11.3. The van der Waals surface area contributed by atoms with Crippen LogP contribution in [0.15, 0.2) is 36.4 Å². The molecule has 0 aromatic heterocycles. The summed E-state index contributed by atoms with van der Waals surface area (Å²) in [6.45, 7) is 1.96. The Morgan fingerprint density at radius 1 is 1.33 bits per heavy atom. The lowest BCUT2D eigenvalue weighted by Gasteiger charge is -2.09. The Labute approximate surface area is 127 Å². The summed E-state index contributed by atoms with van der Waals surface area (Å²) in [4.78, 5) is 10.9. The Balaban J connectivity index is 2.12. The van der Waals surface area contributed by atoms with Crippen molar-refractivity contribution < 1.29 is 14.6 Å². The van der Waals surface area contributed by atoms with E-state index in [0.29, 0.717) is 21.9 Å². The molecule has 0 fully saturated rings. The predicted molar refractivity (Wildman–Crippen MR) is 78.6 cm³/mol. The van der Waals surface area contributed by atoms with E-state index in [1.54, 1.807) is 37.3 Å². The molecular formula is C16H12ClNO3. The largest absolute Gasteiger partial charge is 0.489 e. The topological polar surface area (TPSA) is 70.3 Å². The van der Waals surface area contributed by atoms with Gasteiger partial charge in [-0.2, -0.15) is 5.26 Å². The summed E-state index contributed by atoms with van der Waals surface area (Å²) >= 11 is 6.06. The highest BCUT2D eigenvalue weighted by Crippen LogP contribution is 2.22. The molecule has 0 saturated heterocycles. The van der Waals surface area contributed by atoms with Crippen LogP contribution in [-0.4, -0.2) is 11.1 Å². The fraction of sp³-hybridized carbons (Fsp3) is 0.125. The standard InChI is InChI=1S/C16H12ClNO3/c1-10-6-13(4-5-14(10)16(19)20)21-9-12-3-2-11(8-18)7-15(12)17/h2-7H,9H2,1H3,(H,19,20). The molecule has 0 aliphatic carbocycles. The van der Waals surface area contributed by atoms with Crippen LogP contribution in [0.5, 0.6) is 5.75 Å². The Hall–Kier alpha value is -2.51. The van der Waals surface area contributed by atoms with E-state index in [4.69, 9.17) is 26.7 Å². The van der Waals surface area contributed by atoms with Crippen molar-refractivity contribution in [1.82, 2.24) is 0 Å². The van der Waals surface area contributed by atoms with Crippen molar-refractivity contribution in [3.63, 3.8) is 0 Å². The van der Waals surface area contributed by atoms with Gasteiger partial charge in [0.1, 0.15) is 12.4 Å². The Bertz CT molecular complexity index is 735. The molecule has 2 aromatic rings. The number of hydrogen-bond donors (Lipinski definition) is 1. The van der Waals surface area contributed by atoms with Gasteiger partial charge >= 0.3 is 5.97 Å². The Kier molecular flexibility index (Phi) is 4.46. The van der Waals surface area contributed by atoms with Crippen LogP contribution in [0.1, 0.15) is 27.0 Å². The van der Waals surface area contributed by atoms with E-state index in [1.807, 2.05) is 6.07 Å². The van der Waals surface area contributed by atoms with Gasteiger partial charge in [0.05, 0.1) is 17.2 Å². The minimum Gasteiger partial charge on any atom is -0.489 e. The summed E-state index contributed by atoms with van der Waals surface area (Å²) in [5.41, 5.74) is 2.13. The van der Waals surface area contributed by atoms with Crippen LogP contribution in [0.4, 0.5) is 0 Å². The number of aromatic carboxylic acids is 1. The maximum absolute atomic E-state index is 10.9. The lowest BCUT2D eigenvalue weighted by atomic mass is 10.1. The summed E-state index contributed by atoms with van der Waals surface area (Å²) < 4.78 is 5.60. The van der Waals surface area contributed by atoms with Gasteiger partial charge in [-0.3, -0.25) is 0 Å². The van der Waals surface area contributed by atoms with E-state index in [0.717, 1.165) is 5.56 Å². The average Bonchev–Trinajstić information content (AvgIpc) is 2.45. The van der Waals surface area contributed by atoms with Crippen molar-refractivity contribution in [3.8, 4) is 11.8 Å².